The average Bonchev–Trinajstić information content (AvgIpc) is 2.48. The Labute approximate surface area is 148 Å². The standard InChI is InChI=1S/C18H28N2O5/c1-13(8-9-16(21)22)20-14-6-5-7-15(12-14)24-11-10-19-17(23)25-18(2,3)4/h5-7,12-13,20H,8-11H2,1-4H3,(H,19,23)(H,21,22). The van der Waals surface area contributed by atoms with Gasteiger partial charge in [-0.05, 0) is 46.2 Å². The van der Waals surface area contributed by atoms with Crippen LogP contribution in [0.15, 0.2) is 24.3 Å². The number of carboxylic acids is 1. The quantitative estimate of drug-likeness (QED) is 0.590. The maximum atomic E-state index is 11.5. The minimum absolute atomic E-state index is 0.0418. The summed E-state index contributed by atoms with van der Waals surface area (Å²) in [4.78, 5) is 22.1. The van der Waals surface area contributed by atoms with E-state index < -0.39 is 17.7 Å². The Morgan fingerprint density at radius 1 is 1.28 bits per heavy atom. The first kappa shape index (κ1) is 20.6. The van der Waals surface area contributed by atoms with E-state index in [2.05, 4.69) is 10.6 Å². The second-order valence-electron chi connectivity index (χ2n) is 6.78. The molecule has 25 heavy (non-hydrogen) atoms. The number of nitrogens with one attached hydrogen (secondary N) is 2. The third-order valence-corrected chi connectivity index (χ3v) is 3.08. The maximum Gasteiger partial charge on any atom is 0.407 e. The van der Waals surface area contributed by atoms with E-state index in [1.165, 1.54) is 0 Å². The number of alkyl carbamates (subject to hydrolysis) is 1. The van der Waals surface area contributed by atoms with Crippen molar-refractivity contribution in [2.45, 2.75) is 52.2 Å². The molecule has 140 valence electrons. The number of anilines is 1. The van der Waals surface area contributed by atoms with Crippen molar-refractivity contribution in [3.05, 3.63) is 24.3 Å². The molecule has 0 aliphatic rings. The van der Waals surface area contributed by atoms with Crippen LogP contribution in [0.4, 0.5) is 10.5 Å². The SMILES string of the molecule is CC(CCC(=O)O)Nc1cccc(OCCNC(=O)OC(C)(C)C)c1. The van der Waals surface area contributed by atoms with Gasteiger partial charge in [0.25, 0.3) is 0 Å². The molecule has 1 amide bonds. The van der Waals surface area contributed by atoms with Gasteiger partial charge in [0, 0.05) is 24.2 Å². The van der Waals surface area contributed by atoms with Crippen molar-refractivity contribution in [3.63, 3.8) is 0 Å². The van der Waals surface area contributed by atoms with E-state index in [0.29, 0.717) is 25.3 Å². The minimum atomic E-state index is -0.803. The maximum absolute atomic E-state index is 11.5. The Bertz CT molecular complexity index is 569. The number of amides is 1. The zero-order valence-corrected chi connectivity index (χ0v) is 15.3. The highest BCUT2D eigenvalue weighted by atomic mass is 16.6. The van der Waals surface area contributed by atoms with Crippen LogP contribution in [0.1, 0.15) is 40.5 Å². The van der Waals surface area contributed by atoms with Crippen LogP contribution in [0.25, 0.3) is 0 Å². The van der Waals surface area contributed by atoms with Crippen LogP contribution >= 0.6 is 0 Å². The average molecular weight is 352 g/mol. The van der Waals surface area contributed by atoms with Crippen molar-refractivity contribution in [1.29, 1.82) is 0 Å². The number of carboxylic acid groups (broad SMARTS) is 1. The summed E-state index contributed by atoms with van der Waals surface area (Å²) in [5.74, 6) is -0.135. The van der Waals surface area contributed by atoms with Crippen molar-refractivity contribution in [3.8, 4) is 5.75 Å². The number of carbonyl (C=O) groups is 2. The molecule has 0 aliphatic heterocycles. The van der Waals surface area contributed by atoms with E-state index in [-0.39, 0.29) is 12.5 Å². The Morgan fingerprint density at radius 3 is 2.64 bits per heavy atom. The van der Waals surface area contributed by atoms with Gasteiger partial charge in [0.05, 0.1) is 6.54 Å². The lowest BCUT2D eigenvalue weighted by Crippen LogP contribution is -2.34. The molecule has 1 atom stereocenters. The summed E-state index contributed by atoms with van der Waals surface area (Å²) >= 11 is 0. The van der Waals surface area contributed by atoms with E-state index in [1.54, 1.807) is 20.8 Å². The number of hydrogen-bond donors (Lipinski definition) is 3. The molecule has 0 radical (unpaired) electrons. The molecule has 1 aromatic rings. The molecule has 0 bridgehead atoms. The summed E-state index contributed by atoms with van der Waals surface area (Å²) in [5, 5.41) is 14.6. The summed E-state index contributed by atoms with van der Waals surface area (Å²) in [6.45, 7) is 8.00. The summed E-state index contributed by atoms with van der Waals surface area (Å²) in [6, 6.07) is 7.44. The molecular weight excluding hydrogens is 324 g/mol. The fraction of sp³-hybridized carbons (Fsp3) is 0.556. The zero-order valence-electron chi connectivity index (χ0n) is 15.3. The smallest absolute Gasteiger partial charge is 0.407 e. The zero-order chi connectivity index (χ0) is 18.9. The van der Waals surface area contributed by atoms with E-state index in [9.17, 15) is 9.59 Å². The summed E-state index contributed by atoms with van der Waals surface area (Å²) < 4.78 is 10.7. The van der Waals surface area contributed by atoms with Crippen LogP contribution in [0.3, 0.4) is 0 Å². The normalized spacial score (nSPS) is 12.2. The largest absolute Gasteiger partial charge is 0.492 e. The van der Waals surface area contributed by atoms with Gasteiger partial charge in [-0.3, -0.25) is 4.79 Å². The summed E-state index contributed by atoms with van der Waals surface area (Å²) in [7, 11) is 0. The highest BCUT2D eigenvalue weighted by Crippen LogP contribution is 2.18. The first-order chi connectivity index (χ1) is 11.7. The monoisotopic (exact) mass is 352 g/mol. The van der Waals surface area contributed by atoms with E-state index in [4.69, 9.17) is 14.6 Å². The van der Waals surface area contributed by atoms with Crippen molar-refractivity contribution < 1.29 is 24.2 Å². The van der Waals surface area contributed by atoms with Crippen LogP contribution in [0, 0.1) is 0 Å². The van der Waals surface area contributed by atoms with Gasteiger partial charge >= 0.3 is 12.1 Å². The van der Waals surface area contributed by atoms with Gasteiger partial charge in [-0.25, -0.2) is 4.79 Å². The van der Waals surface area contributed by atoms with Crippen LogP contribution in [-0.4, -0.2) is 42.0 Å². The highest BCUT2D eigenvalue weighted by molar-refractivity contribution is 5.67. The van der Waals surface area contributed by atoms with Crippen LogP contribution in [0.2, 0.25) is 0 Å². The summed E-state index contributed by atoms with van der Waals surface area (Å²) in [6.07, 6.45) is 0.194. The fourth-order valence-electron chi connectivity index (χ4n) is 2.01. The van der Waals surface area contributed by atoms with Gasteiger partial charge in [0.2, 0.25) is 0 Å². The van der Waals surface area contributed by atoms with E-state index >= 15 is 0 Å². The Balaban J connectivity index is 2.35. The molecule has 0 saturated carbocycles. The second kappa shape index (κ2) is 9.76. The molecule has 0 heterocycles. The molecule has 7 heteroatoms. The number of benzene rings is 1. The molecule has 1 aromatic carbocycles. The third-order valence-electron chi connectivity index (χ3n) is 3.08. The molecule has 7 nitrogen and oxygen atoms in total. The number of carbonyl (C=O) groups excluding carboxylic acids is 1. The number of rotatable bonds is 9. The molecule has 3 N–H and O–H groups in total. The van der Waals surface area contributed by atoms with Gasteiger partial charge in [-0.2, -0.15) is 0 Å². The van der Waals surface area contributed by atoms with Gasteiger partial charge in [-0.15, -0.1) is 0 Å². The molecule has 1 unspecified atom stereocenters. The Hall–Kier alpha value is -2.44. The lowest BCUT2D eigenvalue weighted by atomic mass is 10.1. The Morgan fingerprint density at radius 2 is 2.00 bits per heavy atom. The lowest BCUT2D eigenvalue weighted by molar-refractivity contribution is -0.137. The molecule has 0 aromatic heterocycles. The van der Waals surface area contributed by atoms with E-state index in [1.807, 2.05) is 31.2 Å². The first-order valence-corrected chi connectivity index (χ1v) is 8.34. The topological polar surface area (TPSA) is 96.9 Å². The van der Waals surface area contributed by atoms with Gasteiger partial charge in [0.1, 0.15) is 18.0 Å². The number of hydrogen-bond acceptors (Lipinski definition) is 5. The van der Waals surface area contributed by atoms with Gasteiger partial charge in [0.15, 0.2) is 0 Å². The van der Waals surface area contributed by atoms with Crippen molar-refractivity contribution >= 4 is 17.7 Å². The first-order valence-electron chi connectivity index (χ1n) is 8.34. The number of ether oxygens (including phenoxy) is 2. The molecule has 0 aliphatic carbocycles. The van der Waals surface area contributed by atoms with Crippen molar-refractivity contribution in [2.24, 2.45) is 0 Å². The predicted octanol–water partition coefficient (Wildman–Crippen LogP) is 3.26. The second-order valence-corrected chi connectivity index (χ2v) is 6.78. The number of aliphatic carboxylic acids is 1. The van der Waals surface area contributed by atoms with E-state index in [0.717, 1.165) is 5.69 Å². The molecular formula is C18H28N2O5. The predicted molar refractivity (Wildman–Crippen MR) is 96.1 cm³/mol. The lowest BCUT2D eigenvalue weighted by Gasteiger charge is -2.19. The summed E-state index contributed by atoms with van der Waals surface area (Å²) in [5.41, 5.74) is 0.331. The fourth-order valence-corrected chi connectivity index (χ4v) is 2.01. The van der Waals surface area contributed by atoms with Crippen LogP contribution in [-0.2, 0) is 9.53 Å². The van der Waals surface area contributed by atoms with Crippen molar-refractivity contribution in [2.75, 3.05) is 18.5 Å². The Kier molecular flexibility index (Phi) is 8.04. The van der Waals surface area contributed by atoms with Crippen LogP contribution in [0.5, 0.6) is 5.75 Å². The minimum Gasteiger partial charge on any atom is -0.492 e. The van der Waals surface area contributed by atoms with Gasteiger partial charge in [-0.1, -0.05) is 6.07 Å². The molecule has 1 rings (SSSR count). The van der Waals surface area contributed by atoms with Crippen LogP contribution < -0.4 is 15.4 Å². The third kappa shape index (κ3) is 10.1. The van der Waals surface area contributed by atoms with Crippen molar-refractivity contribution in [1.82, 2.24) is 5.32 Å². The molecule has 0 spiro atoms. The van der Waals surface area contributed by atoms with Gasteiger partial charge < -0.3 is 25.2 Å². The molecule has 0 saturated heterocycles. The molecule has 0 fully saturated rings. The highest BCUT2D eigenvalue weighted by Gasteiger charge is 2.15.